The van der Waals surface area contributed by atoms with E-state index in [0.29, 0.717) is 0 Å². The van der Waals surface area contributed by atoms with Crippen LogP contribution in [0.1, 0.15) is 90.1 Å². The van der Waals surface area contributed by atoms with Crippen molar-refractivity contribution in [3.05, 3.63) is 139 Å². The molecular formula is C38H40O5. The van der Waals surface area contributed by atoms with Gasteiger partial charge in [-0.15, -0.1) is 0 Å². The van der Waals surface area contributed by atoms with E-state index in [1.165, 1.54) is 0 Å². The predicted octanol–water partition coefficient (Wildman–Crippen LogP) is 8.93. The molecule has 5 nitrogen and oxygen atoms in total. The minimum Gasteiger partial charge on any atom is -0.507 e. The van der Waals surface area contributed by atoms with Gasteiger partial charge in [0.2, 0.25) is 0 Å². The van der Waals surface area contributed by atoms with Crippen LogP contribution in [-0.4, -0.2) is 20.4 Å². The van der Waals surface area contributed by atoms with E-state index in [1.54, 1.807) is 0 Å². The summed E-state index contributed by atoms with van der Waals surface area (Å²) >= 11 is 0. The molecular weight excluding hydrogens is 536 g/mol. The van der Waals surface area contributed by atoms with Crippen molar-refractivity contribution in [1.82, 2.24) is 0 Å². The van der Waals surface area contributed by atoms with Crippen LogP contribution in [0.3, 0.4) is 0 Å². The standard InChI is InChI=1S/C38H40O5/c1-19-11-27(12-20(2)35(19)39)33(28-13-21(3)36(40)22(4)14-28)31-9-10-32(43-31)34(29-15-23(5)37(41)24(6)16-29)30-17-25(7)38(42)26(8)18-30/h9-18,33-34,39-42H,1-8H3. The molecule has 0 radical (unpaired) electrons. The monoisotopic (exact) mass is 576 g/mol. The average Bonchev–Trinajstić information content (AvgIpc) is 3.40. The number of benzene rings is 4. The Morgan fingerprint density at radius 1 is 0.372 bits per heavy atom. The molecule has 0 fully saturated rings. The van der Waals surface area contributed by atoms with Crippen molar-refractivity contribution >= 4 is 0 Å². The van der Waals surface area contributed by atoms with E-state index in [4.69, 9.17) is 4.42 Å². The molecule has 4 N–H and O–H groups in total. The van der Waals surface area contributed by atoms with Gasteiger partial charge >= 0.3 is 0 Å². The second-order valence-electron chi connectivity index (χ2n) is 12.1. The quantitative estimate of drug-likeness (QED) is 0.162. The first kappa shape index (κ1) is 29.8. The number of aromatic hydroxyl groups is 4. The minimum absolute atomic E-state index is 0.275. The Morgan fingerprint density at radius 3 is 0.744 bits per heavy atom. The Morgan fingerprint density at radius 2 is 0.558 bits per heavy atom. The largest absolute Gasteiger partial charge is 0.507 e. The first-order valence-electron chi connectivity index (χ1n) is 14.6. The molecule has 4 aromatic carbocycles. The molecule has 0 unspecified atom stereocenters. The van der Waals surface area contributed by atoms with Crippen LogP contribution in [0, 0.1) is 55.4 Å². The summed E-state index contributed by atoms with van der Waals surface area (Å²) < 4.78 is 6.82. The van der Waals surface area contributed by atoms with Gasteiger partial charge in [-0.25, -0.2) is 0 Å². The number of rotatable bonds is 6. The molecule has 0 bridgehead atoms. The molecule has 1 aromatic heterocycles. The summed E-state index contributed by atoms with van der Waals surface area (Å²) in [5.74, 6) is 1.97. The molecule has 0 aliphatic heterocycles. The molecule has 5 rings (SSSR count). The van der Waals surface area contributed by atoms with Crippen molar-refractivity contribution in [3.63, 3.8) is 0 Å². The van der Waals surface area contributed by atoms with Crippen LogP contribution in [0.5, 0.6) is 23.0 Å². The molecule has 0 saturated carbocycles. The summed E-state index contributed by atoms with van der Waals surface area (Å²) in [7, 11) is 0. The Labute approximate surface area is 253 Å². The lowest BCUT2D eigenvalue weighted by Gasteiger charge is -2.22. The van der Waals surface area contributed by atoms with Gasteiger partial charge in [0.25, 0.3) is 0 Å². The smallest absolute Gasteiger partial charge is 0.121 e. The van der Waals surface area contributed by atoms with Gasteiger partial charge in [0.15, 0.2) is 0 Å². The molecule has 5 heteroatoms. The van der Waals surface area contributed by atoms with E-state index in [-0.39, 0.29) is 34.8 Å². The van der Waals surface area contributed by atoms with E-state index in [1.807, 2.05) is 116 Å². The van der Waals surface area contributed by atoms with Gasteiger partial charge in [-0.05, 0) is 134 Å². The lowest BCUT2D eigenvalue weighted by molar-refractivity contribution is 0.449. The van der Waals surface area contributed by atoms with Crippen LogP contribution < -0.4 is 0 Å². The SMILES string of the molecule is Cc1cc(C(c2cc(C)c(O)c(C)c2)c2ccc(C(c3cc(C)c(O)c(C)c3)c3cc(C)c(O)c(C)c3)o2)cc(C)c1O. The zero-order valence-corrected chi connectivity index (χ0v) is 26.1. The Hall–Kier alpha value is -4.64. The van der Waals surface area contributed by atoms with E-state index in [0.717, 1.165) is 78.3 Å². The summed E-state index contributed by atoms with van der Waals surface area (Å²) in [5.41, 5.74) is 10.1. The zero-order valence-electron chi connectivity index (χ0n) is 26.1. The van der Waals surface area contributed by atoms with Gasteiger partial charge in [-0.2, -0.15) is 0 Å². The number of phenolic OH excluding ortho intramolecular Hbond substituents is 4. The van der Waals surface area contributed by atoms with Gasteiger partial charge in [0.1, 0.15) is 34.5 Å². The Kier molecular flexibility index (Phi) is 7.78. The van der Waals surface area contributed by atoms with E-state index in [9.17, 15) is 20.4 Å². The Bertz CT molecular complexity index is 1520. The number of hydrogen-bond donors (Lipinski definition) is 4. The van der Waals surface area contributed by atoms with Crippen molar-refractivity contribution in [2.75, 3.05) is 0 Å². The molecule has 0 saturated heterocycles. The van der Waals surface area contributed by atoms with Gasteiger partial charge in [-0.1, -0.05) is 48.5 Å². The van der Waals surface area contributed by atoms with Gasteiger partial charge in [0.05, 0.1) is 11.8 Å². The van der Waals surface area contributed by atoms with Crippen LogP contribution in [0.2, 0.25) is 0 Å². The molecule has 0 aliphatic rings. The van der Waals surface area contributed by atoms with Crippen LogP contribution >= 0.6 is 0 Å². The normalized spacial score (nSPS) is 11.6. The third kappa shape index (κ3) is 5.48. The lowest BCUT2D eigenvalue weighted by atomic mass is 9.85. The topological polar surface area (TPSA) is 94.1 Å². The number of furan rings is 1. The van der Waals surface area contributed by atoms with Gasteiger partial charge in [-0.3, -0.25) is 0 Å². The van der Waals surface area contributed by atoms with Gasteiger partial charge in [0, 0.05) is 0 Å². The highest BCUT2D eigenvalue weighted by Crippen LogP contribution is 2.43. The van der Waals surface area contributed by atoms with Crippen molar-refractivity contribution in [2.45, 2.75) is 67.2 Å². The first-order chi connectivity index (χ1) is 20.3. The van der Waals surface area contributed by atoms with Crippen molar-refractivity contribution < 1.29 is 24.8 Å². The summed E-state index contributed by atoms with van der Waals surface area (Å²) in [6.07, 6.45) is 0. The third-order valence-electron chi connectivity index (χ3n) is 8.60. The Balaban J connectivity index is 1.74. The van der Waals surface area contributed by atoms with Crippen molar-refractivity contribution in [1.29, 1.82) is 0 Å². The van der Waals surface area contributed by atoms with Gasteiger partial charge < -0.3 is 24.8 Å². The van der Waals surface area contributed by atoms with Crippen molar-refractivity contribution in [3.8, 4) is 23.0 Å². The molecule has 1 heterocycles. The highest BCUT2D eigenvalue weighted by atomic mass is 16.3. The molecule has 222 valence electrons. The fourth-order valence-corrected chi connectivity index (χ4v) is 6.34. The molecule has 43 heavy (non-hydrogen) atoms. The highest BCUT2D eigenvalue weighted by molar-refractivity contribution is 5.54. The summed E-state index contributed by atoms with van der Waals surface area (Å²) in [6.45, 7) is 15.1. The highest BCUT2D eigenvalue weighted by Gasteiger charge is 2.28. The average molecular weight is 577 g/mol. The van der Waals surface area contributed by atoms with E-state index < -0.39 is 0 Å². The van der Waals surface area contributed by atoms with Crippen LogP contribution in [0.25, 0.3) is 0 Å². The summed E-state index contributed by atoms with van der Waals surface area (Å²) in [4.78, 5) is 0. The van der Waals surface area contributed by atoms with Crippen LogP contribution in [0.4, 0.5) is 0 Å². The number of phenols is 4. The molecule has 5 aromatic rings. The number of hydrogen-bond acceptors (Lipinski definition) is 5. The minimum atomic E-state index is -0.294. The van der Waals surface area contributed by atoms with Crippen molar-refractivity contribution in [2.24, 2.45) is 0 Å². The van der Waals surface area contributed by atoms with E-state index in [2.05, 4.69) is 0 Å². The first-order valence-corrected chi connectivity index (χ1v) is 14.6. The second-order valence-corrected chi connectivity index (χ2v) is 12.1. The fourth-order valence-electron chi connectivity index (χ4n) is 6.34. The fraction of sp³-hybridized carbons (Fsp3) is 0.263. The maximum absolute atomic E-state index is 10.5. The van der Waals surface area contributed by atoms with Crippen LogP contribution in [-0.2, 0) is 0 Å². The molecule has 0 amide bonds. The van der Waals surface area contributed by atoms with E-state index >= 15 is 0 Å². The summed E-state index contributed by atoms with van der Waals surface area (Å²) in [5, 5.41) is 42.2. The molecule has 0 spiro atoms. The molecule has 0 atom stereocenters. The third-order valence-corrected chi connectivity index (χ3v) is 8.60. The lowest BCUT2D eigenvalue weighted by Crippen LogP contribution is -2.06. The summed E-state index contributed by atoms with van der Waals surface area (Å²) in [6, 6.07) is 19.9. The maximum Gasteiger partial charge on any atom is 0.121 e. The number of aryl methyl sites for hydroxylation is 8. The second kappa shape index (κ2) is 11.2. The zero-order chi connectivity index (χ0) is 31.3. The predicted molar refractivity (Wildman–Crippen MR) is 171 cm³/mol. The molecule has 0 aliphatic carbocycles. The van der Waals surface area contributed by atoms with Crippen LogP contribution in [0.15, 0.2) is 65.1 Å². The maximum atomic E-state index is 10.5.